The number of rotatable bonds is 1. The third kappa shape index (κ3) is 1.73. The average molecular weight is 246 g/mol. The van der Waals surface area contributed by atoms with Gasteiger partial charge in [-0.3, -0.25) is 0 Å². The summed E-state index contributed by atoms with van der Waals surface area (Å²) in [7, 11) is 0. The van der Waals surface area contributed by atoms with Crippen LogP contribution in [0.25, 0.3) is 5.76 Å². The summed E-state index contributed by atoms with van der Waals surface area (Å²) < 4.78 is 1.65. The van der Waals surface area contributed by atoms with Gasteiger partial charge in [-0.15, -0.1) is 0 Å². The summed E-state index contributed by atoms with van der Waals surface area (Å²) in [5, 5.41) is 9.18. The molecule has 0 saturated carbocycles. The van der Waals surface area contributed by atoms with Crippen LogP contribution >= 0.6 is 22.6 Å². The molecule has 0 fully saturated rings. The summed E-state index contributed by atoms with van der Waals surface area (Å²) in [5.74, 6) is 0.321. The molecular formula is C8H7IO. The molecule has 1 aromatic carbocycles. The maximum absolute atomic E-state index is 9.18. The van der Waals surface area contributed by atoms with Gasteiger partial charge < -0.3 is 5.11 Å². The predicted octanol–water partition coefficient (Wildman–Crippen LogP) is 2.98. The Bertz CT molecular complexity index is 228. The summed E-state index contributed by atoms with van der Waals surface area (Å²) in [5.41, 5.74) is 0.858. The zero-order chi connectivity index (χ0) is 7.40. The number of aliphatic hydroxyl groups excluding tert-OH is 1. The molecule has 0 radical (unpaired) electrons. The fourth-order valence-electron chi connectivity index (χ4n) is 0.672. The molecule has 0 aromatic heterocycles. The van der Waals surface area contributed by atoms with Gasteiger partial charge in [0.1, 0.15) is 5.76 Å². The second-order valence-corrected chi connectivity index (χ2v) is 2.48. The topological polar surface area (TPSA) is 20.2 Å². The smallest absolute Gasteiger partial charge is 0.128 e. The van der Waals surface area contributed by atoms with Crippen LogP contribution in [-0.4, -0.2) is 5.11 Å². The van der Waals surface area contributed by atoms with E-state index in [0.717, 1.165) is 5.56 Å². The molecule has 0 aliphatic heterocycles. The van der Waals surface area contributed by atoms with E-state index in [2.05, 4.69) is 0 Å². The van der Waals surface area contributed by atoms with Crippen molar-refractivity contribution < 1.29 is 5.11 Å². The first-order chi connectivity index (χ1) is 4.84. The molecule has 0 heterocycles. The molecular weight excluding hydrogens is 239 g/mol. The summed E-state index contributed by atoms with van der Waals surface area (Å²) in [4.78, 5) is 0. The van der Waals surface area contributed by atoms with Crippen molar-refractivity contribution in [3.8, 4) is 0 Å². The van der Waals surface area contributed by atoms with Crippen molar-refractivity contribution >= 4 is 28.4 Å². The van der Waals surface area contributed by atoms with Gasteiger partial charge in [0.05, 0.1) is 0 Å². The van der Waals surface area contributed by atoms with Crippen molar-refractivity contribution in [1.82, 2.24) is 0 Å². The van der Waals surface area contributed by atoms with Crippen LogP contribution in [0.4, 0.5) is 0 Å². The van der Waals surface area contributed by atoms with Crippen LogP contribution in [0.15, 0.2) is 34.4 Å². The molecule has 10 heavy (non-hydrogen) atoms. The van der Waals surface area contributed by atoms with Gasteiger partial charge in [0, 0.05) is 9.65 Å². The standard InChI is InChI=1S/C8H7IO/c9-6-8(10)7-4-2-1-3-5-7/h1-6,10H/b8-6-. The monoisotopic (exact) mass is 246 g/mol. The van der Waals surface area contributed by atoms with E-state index in [0.29, 0.717) is 5.76 Å². The van der Waals surface area contributed by atoms with Gasteiger partial charge in [-0.2, -0.15) is 0 Å². The lowest BCUT2D eigenvalue weighted by Crippen LogP contribution is -1.77. The Morgan fingerprint density at radius 3 is 2.40 bits per heavy atom. The van der Waals surface area contributed by atoms with Crippen molar-refractivity contribution in [2.75, 3.05) is 0 Å². The van der Waals surface area contributed by atoms with Crippen molar-refractivity contribution in [2.45, 2.75) is 0 Å². The van der Waals surface area contributed by atoms with E-state index in [-0.39, 0.29) is 0 Å². The first-order valence-corrected chi connectivity index (χ1v) is 4.14. The number of hydrogen-bond acceptors (Lipinski definition) is 1. The summed E-state index contributed by atoms with van der Waals surface area (Å²) in [6.45, 7) is 0. The van der Waals surface area contributed by atoms with Crippen molar-refractivity contribution in [3.63, 3.8) is 0 Å². The minimum atomic E-state index is 0.321. The molecule has 0 bridgehead atoms. The van der Waals surface area contributed by atoms with Crippen LogP contribution in [-0.2, 0) is 0 Å². The SMILES string of the molecule is O/C(=C\I)c1ccccc1. The molecule has 0 aliphatic rings. The highest BCUT2D eigenvalue weighted by atomic mass is 127. The average Bonchev–Trinajstić information content (AvgIpc) is 2.05. The zero-order valence-corrected chi connectivity index (χ0v) is 7.45. The number of aliphatic hydroxyl groups is 1. The largest absolute Gasteiger partial charge is 0.507 e. The lowest BCUT2D eigenvalue weighted by atomic mass is 10.2. The Morgan fingerprint density at radius 2 is 1.90 bits per heavy atom. The van der Waals surface area contributed by atoms with Crippen molar-refractivity contribution in [1.29, 1.82) is 0 Å². The first-order valence-electron chi connectivity index (χ1n) is 2.89. The highest BCUT2D eigenvalue weighted by molar-refractivity contribution is 14.1. The molecule has 1 rings (SSSR count). The Hall–Kier alpha value is -0.510. The number of hydrogen-bond donors (Lipinski definition) is 1. The van der Waals surface area contributed by atoms with Crippen LogP contribution in [0.2, 0.25) is 0 Å². The molecule has 0 unspecified atom stereocenters. The Balaban J connectivity index is 2.96. The quantitative estimate of drug-likeness (QED) is 0.596. The van der Waals surface area contributed by atoms with Gasteiger partial charge in [-0.1, -0.05) is 30.3 Å². The molecule has 52 valence electrons. The summed E-state index contributed by atoms with van der Waals surface area (Å²) >= 11 is 2.00. The van der Waals surface area contributed by atoms with Gasteiger partial charge in [-0.25, -0.2) is 0 Å². The van der Waals surface area contributed by atoms with E-state index in [1.807, 2.05) is 52.9 Å². The van der Waals surface area contributed by atoms with Crippen LogP contribution in [0.1, 0.15) is 5.56 Å². The lowest BCUT2D eigenvalue weighted by molar-refractivity contribution is 0.513. The molecule has 0 amide bonds. The molecule has 0 atom stereocenters. The summed E-state index contributed by atoms with van der Waals surface area (Å²) in [6.07, 6.45) is 0. The highest BCUT2D eigenvalue weighted by Gasteiger charge is 1.92. The van der Waals surface area contributed by atoms with Gasteiger partial charge in [0.25, 0.3) is 0 Å². The maximum atomic E-state index is 9.18. The maximum Gasteiger partial charge on any atom is 0.128 e. The number of benzene rings is 1. The second kappa shape index (κ2) is 3.61. The minimum Gasteiger partial charge on any atom is -0.507 e. The second-order valence-electron chi connectivity index (χ2n) is 1.86. The van der Waals surface area contributed by atoms with Gasteiger partial charge in [-0.05, 0) is 22.6 Å². The van der Waals surface area contributed by atoms with Gasteiger partial charge >= 0.3 is 0 Å². The molecule has 0 saturated heterocycles. The molecule has 0 aliphatic carbocycles. The normalized spacial score (nSPS) is 11.5. The van der Waals surface area contributed by atoms with Crippen LogP contribution in [0, 0.1) is 0 Å². The number of halogens is 1. The van der Waals surface area contributed by atoms with Crippen molar-refractivity contribution in [2.24, 2.45) is 0 Å². The van der Waals surface area contributed by atoms with E-state index in [9.17, 15) is 5.11 Å². The Kier molecular flexibility index (Phi) is 2.74. The van der Waals surface area contributed by atoms with Crippen molar-refractivity contribution in [3.05, 3.63) is 40.0 Å². The summed E-state index contributed by atoms with van der Waals surface area (Å²) in [6, 6.07) is 9.44. The Morgan fingerprint density at radius 1 is 1.30 bits per heavy atom. The molecule has 1 aromatic rings. The predicted molar refractivity (Wildman–Crippen MR) is 51.1 cm³/mol. The Labute approximate surface area is 73.5 Å². The molecule has 1 nitrogen and oxygen atoms in total. The fourth-order valence-corrected chi connectivity index (χ4v) is 1.03. The third-order valence-corrected chi connectivity index (χ3v) is 1.76. The van der Waals surface area contributed by atoms with E-state index < -0.39 is 0 Å². The fraction of sp³-hybridized carbons (Fsp3) is 0. The first kappa shape index (κ1) is 7.60. The van der Waals surface area contributed by atoms with Crippen LogP contribution < -0.4 is 0 Å². The molecule has 2 heteroatoms. The van der Waals surface area contributed by atoms with E-state index in [4.69, 9.17) is 0 Å². The third-order valence-electron chi connectivity index (χ3n) is 1.17. The van der Waals surface area contributed by atoms with Crippen LogP contribution in [0.5, 0.6) is 0 Å². The molecule has 0 spiro atoms. The highest BCUT2D eigenvalue weighted by Crippen LogP contribution is 2.11. The lowest BCUT2D eigenvalue weighted by Gasteiger charge is -1.95. The minimum absolute atomic E-state index is 0.321. The van der Waals surface area contributed by atoms with E-state index in [1.165, 1.54) is 0 Å². The van der Waals surface area contributed by atoms with Gasteiger partial charge in [0.2, 0.25) is 0 Å². The van der Waals surface area contributed by atoms with Gasteiger partial charge in [0.15, 0.2) is 0 Å². The zero-order valence-electron chi connectivity index (χ0n) is 5.29. The van der Waals surface area contributed by atoms with Crippen LogP contribution in [0.3, 0.4) is 0 Å². The van der Waals surface area contributed by atoms with E-state index in [1.54, 1.807) is 4.08 Å². The molecule has 1 N–H and O–H groups in total. The van der Waals surface area contributed by atoms with E-state index >= 15 is 0 Å².